The molecule has 0 saturated carbocycles. The lowest BCUT2D eigenvalue weighted by molar-refractivity contribution is 0.00701. The number of benzene rings is 1. The molecule has 17 heavy (non-hydrogen) atoms. The van der Waals surface area contributed by atoms with E-state index in [1.807, 2.05) is 0 Å². The van der Waals surface area contributed by atoms with Gasteiger partial charge in [-0.25, -0.2) is 9.18 Å². The lowest BCUT2D eigenvalue weighted by Crippen LogP contribution is -2.26. The van der Waals surface area contributed by atoms with E-state index in [-0.39, 0.29) is 23.4 Å². The van der Waals surface area contributed by atoms with Crippen LogP contribution in [0.15, 0.2) is 18.2 Å². The normalized spacial score (nSPS) is 15.8. The van der Waals surface area contributed by atoms with Gasteiger partial charge in [-0.15, -0.1) is 0 Å². The Morgan fingerprint density at radius 1 is 1.47 bits per heavy atom. The molecule has 3 nitrogen and oxygen atoms in total. The van der Waals surface area contributed by atoms with Gasteiger partial charge in [0.05, 0.1) is 24.9 Å². The maximum absolute atomic E-state index is 13.8. The third-order valence-corrected chi connectivity index (χ3v) is 2.66. The van der Waals surface area contributed by atoms with E-state index in [0.29, 0.717) is 18.8 Å². The largest absolute Gasteiger partial charge is 0.459 e. The van der Waals surface area contributed by atoms with Crippen molar-refractivity contribution >= 4 is 5.97 Å². The van der Waals surface area contributed by atoms with Gasteiger partial charge in [-0.05, 0) is 31.5 Å². The fraction of sp³-hybridized carbons (Fsp3) is 0.462. The summed E-state index contributed by atoms with van der Waals surface area (Å²) in [5.74, 6) is -0.739. The summed E-state index contributed by atoms with van der Waals surface area (Å²) in [4.78, 5) is 11.6. The fourth-order valence-corrected chi connectivity index (χ4v) is 1.68. The van der Waals surface area contributed by atoms with Gasteiger partial charge < -0.3 is 9.47 Å². The fourth-order valence-electron chi connectivity index (χ4n) is 1.68. The van der Waals surface area contributed by atoms with Crippen LogP contribution in [0.5, 0.6) is 0 Å². The van der Waals surface area contributed by atoms with E-state index in [1.54, 1.807) is 26.0 Å². The van der Waals surface area contributed by atoms with Gasteiger partial charge in [0, 0.05) is 5.92 Å². The lowest BCUT2D eigenvalue weighted by Gasteiger charge is -2.26. The first-order valence-electron chi connectivity index (χ1n) is 5.66. The molecular weight excluding hydrogens is 223 g/mol. The molecule has 0 aromatic heterocycles. The van der Waals surface area contributed by atoms with Gasteiger partial charge in [-0.2, -0.15) is 0 Å². The highest BCUT2D eigenvalue weighted by Gasteiger charge is 2.24. The van der Waals surface area contributed by atoms with Crippen LogP contribution in [0, 0.1) is 5.82 Å². The van der Waals surface area contributed by atoms with Crippen molar-refractivity contribution in [3.8, 4) is 0 Å². The molecule has 1 aromatic carbocycles. The summed E-state index contributed by atoms with van der Waals surface area (Å²) in [7, 11) is 0. The van der Waals surface area contributed by atoms with Crippen LogP contribution in [0.4, 0.5) is 4.39 Å². The number of halogens is 1. The molecule has 1 aliphatic rings. The summed E-state index contributed by atoms with van der Waals surface area (Å²) in [5.41, 5.74) is 0.859. The number of esters is 1. The summed E-state index contributed by atoms with van der Waals surface area (Å²) in [6.07, 6.45) is -0.203. The molecule has 0 aliphatic carbocycles. The van der Waals surface area contributed by atoms with Crippen molar-refractivity contribution in [2.45, 2.75) is 25.9 Å². The third kappa shape index (κ3) is 2.64. The maximum Gasteiger partial charge on any atom is 0.338 e. The molecule has 1 saturated heterocycles. The molecule has 0 radical (unpaired) electrons. The zero-order chi connectivity index (χ0) is 12.4. The zero-order valence-electron chi connectivity index (χ0n) is 9.90. The molecule has 4 heteroatoms. The average Bonchev–Trinajstić information content (AvgIpc) is 2.17. The van der Waals surface area contributed by atoms with Gasteiger partial charge in [-0.1, -0.05) is 6.07 Å². The first-order valence-corrected chi connectivity index (χ1v) is 5.66. The van der Waals surface area contributed by atoms with E-state index >= 15 is 0 Å². The summed E-state index contributed by atoms with van der Waals surface area (Å²) in [5, 5.41) is 0. The molecule has 0 bridgehead atoms. The molecule has 0 amide bonds. The lowest BCUT2D eigenvalue weighted by atomic mass is 9.96. The van der Waals surface area contributed by atoms with Crippen molar-refractivity contribution in [3.05, 3.63) is 35.1 Å². The van der Waals surface area contributed by atoms with Crippen LogP contribution in [-0.2, 0) is 9.47 Å². The van der Waals surface area contributed by atoms with Crippen LogP contribution in [0.2, 0.25) is 0 Å². The van der Waals surface area contributed by atoms with Crippen molar-refractivity contribution in [2.75, 3.05) is 13.2 Å². The Labute approximate surface area is 99.5 Å². The number of hydrogen-bond donors (Lipinski definition) is 0. The van der Waals surface area contributed by atoms with E-state index in [1.165, 1.54) is 6.07 Å². The van der Waals surface area contributed by atoms with E-state index < -0.39 is 5.97 Å². The second-order valence-electron chi connectivity index (χ2n) is 4.42. The highest BCUT2D eigenvalue weighted by Crippen LogP contribution is 2.27. The molecule has 1 aliphatic heterocycles. The molecule has 0 atom stereocenters. The standard InChI is InChI=1S/C13H15FO3/c1-8(2)17-13(15)9-3-4-11(12(14)5-9)10-6-16-7-10/h3-5,8,10H,6-7H2,1-2H3. The highest BCUT2D eigenvalue weighted by molar-refractivity contribution is 5.89. The van der Waals surface area contributed by atoms with Crippen molar-refractivity contribution in [1.82, 2.24) is 0 Å². The SMILES string of the molecule is CC(C)OC(=O)c1ccc(C2COC2)c(F)c1. The van der Waals surface area contributed by atoms with E-state index in [4.69, 9.17) is 9.47 Å². The number of rotatable bonds is 3. The van der Waals surface area contributed by atoms with Crippen molar-refractivity contribution in [1.29, 1.82) is 0 Å². The van der Waals surface area contributed by atoms with Crippen molar-refractivity contribution in [3.63, 3.8) is 0 Å². The molecule has 92 valence electrons. The smallest absolute Gasteiger partial charge is 0.338 e. The van der Waals surface area contributed by atoms with Crippen LogP contribution in [-0.4, -0.2) is 25.3 Å². The Morgan fingerprint density at radius 2 is 2.18 bits per heavy atom. The Kier molecular flexibility index (Phi) is 3.43. The Hall–Kier alpha value is -1.42. The molecular formula is C13H15FO3. The third-order valence-electron chi connectivity index (χ3n) is 2.66. The van der Waals surface area contributed by atoms with Gasteiger partial charge in [0.15, 0.2) is 0 Å². The van der Waals surface area contributed by atoms with Gasteiger partial charge >= 0.3 is 5.97 Å². The minimum absolute atomic E-state index is 0.116. The van der Waals surface area contributed by atoms with E-state index in [2.05, 4.69) is 0 Å². The van der Waals surface area contributed by atoms with Crippen LogP contribution < -0.4 is 0 Å². The predicted molar refractivity (Wildman–Crippen MR) is 60.5 cm³/mol. The number of ether oxygens (including phenoxy) is 2. The van der Waals surface area contributed by atoms with Gasteiger partial charge in [-0.3, -0.25) is 0 Å². The summed E-state index contributed by atoms with van der Waals surface area (Å²) < 4.78 is 23.8. The quantitative estimate of drug-likeness (QED) is 0.759. The van der Waals surface area contributed by atoms with Crippen LogP contribution in [0.3, 0.4) is 0 Å². The molecule has 1 aromatic rings. The summed E-state index contributed by atoms with van der Waals surface area (Å²) in [6.45, 7) is 4.61. The average molecular weight is 238 g/mol. The molecule has 1 heterocycles. The van der Waals surface area contributed by atoms with Crippen LogP contribution in [0.1, 0.15) is 35.7 Å². The Balaban J connectivity index is 2.15. The van der Waals surface area contributed by atoms with Crippen LogP contribution >= 0.6 is 0 Å². The number of hydrogen-bond acceptors (Lipinski definition) is 3. The highest BCUT2D eigenvalue weighted by atomic mass is 19.1. The first-order chi connectivity index (χ1) is 8.08. The van der Waals surface area contributed by atoms with Gasteiger partial charge in [0.1, 0.15) is 5.82 Å². The van der Waals surface area contributed by atoms with Gasteiger partial charge in [0.2, 0.25) is 0 Å². The van der Waals surface area contributed by atoms with Crippen molar-refractivity contribution < 1.29 is 18.7 Å². The Bertz CT molecular complexity index is 425. The molecule has 0 spiro atoms. The molecule has 1 fully saturated rings. The summed E-state index contributed by atoms with van der Waals surface area (Å²) in [6, 6.07) is 4.47. The molecule has 0 N–H and O–H groups in total. The zero-order valence-corrected chi connectivity index (χ0v) is 9.90. The second-order valence-corrected chi connectivity index (χ2v) is 4.42. The summed E-state index contributed by atoms with van der Waals surface area (Å²) >= 11 is 0. The number of carbonyl (C=O) groups is 1. The second kappa shape index (κ2) is 4.84. The topological polar surface area (TPSA) is 35.5 Å². The monoisotopic (exact) mass is 238 g/mol. The van der Waals surface area contributed by atoms with E-state index in [9.17, 15) is 9.18 Å². The predicted octanol–water partition coefficient (Wildman–Crippen LogP) is 2.50. The van der Waals surface area contributed by atoms with Crippen molar-refractivity contribution in [2.24, 2.45) is 0 Å². The van der Waals surface area contributed by atoms with Gasteiger partial charge in [0.25, 0.3) is 0 Å². The minimum Gasteiger partial charge on any atom is -0.459 e. The molecule has 0 unspecified atom stereocenters. The minimum atomic E-state index is -0.490. The van der Waals surface area contributed by atoms with E-state index in [0.717, 1.165) is 0 Å². The first kappa shape index (κ1) is 12.0. The Morgan fingerprint density at radius 3 is 2.65 bits per heavy atom. The molecule has 2 rings (SSSR count). The van der Waals surface area contributed by atoms with Crippen LogP contribution in [0.25, 0.3) is 0 Å². The number of carbonyl (C=O) groups excluding carboxylic acids is 1. The maximum atomic E-state index is 13.8.